The van der Waals surface area contributed by atoms with Crippen LogP contribution >= 0.6 is 11.6 Å². The third-order valence-corrected chi connectivity index (χ3v) is 3.94. The molecule has 0 fully saturated rings. The summed E-state index contributed by atoms with van der Waals surface area (Å²) in [4.78, 5) is 0. The van der Waals surface area contributed by atoms with E-state index >= 15 is 0 Å². The van der Waals surface area contributed by atoms with Crippen LogP contribution in [0.3, 0.4) is 0 Å². The molecule has 2 rings (SSSR count). The molecule has 1 N–H and O–H groups in total. The van der Waals surface area contributed by atoms with Gasteiger partial charge in [-0.3, -0.25) is 4.72 Å². The molecule has 24 heavy (non-hydrogen) atoms. The van der Waals surface area contributed by atoms with Gasteiger partial charge in [-0.05, 0) is 24.3 Å². The minimum Gasteiger partial charge on any atom is -0.452 e. The molecule has 0 heterocycles. The average Bonchev–Trinajstić information content (AvgIpc) is 2.43. The highest BCUT2D eigenvalue weighted by molar-refractivity contribution is 7.93. The minimum absolute atomic E-state index is 0.0116. The Bertz CT molecular complexity index is 870. The van der Waals surface area contributed by atoms with Gasteiger partial charge in [-0.15, -0.1) is 0 Å². The third kappa shape index (κ3) is 4.06. The Morgan fingerprint density at radius 1 is 1.00 bits per heavy atom. The topological polar surface area (TPSA) is 55.4 Å². The number of nitrogens with one attached hydrogen (secondary N) is 1. The van der Waals surface area contributed by atoms with Crippen molar-refractivity contribution in [3.63, 3.8) is 0 Å². The number of sulfonamides is 1. The molecule has 0 saturated carbocycles. The summed E-state index contributed by atoms with van der Waals surface area (Å²) in [6.45, 7) is 0. The van der Waals surface area contributed by atoms with E-state index < -0.39 is 44.4 Å². The zero-order chi connectivity index (χ0) is 18.1. The summed E-state index contributed by atoms with van der Waals surface area (Å²) in [7, 11) is -5.72. The van der Waals surface area contributed by atoms with Crippen LogP contribution in [-0.2, 0) is 10.0 Å². The average molecular weight is 388 g/mol. The van der Waals surface area contributed by atoms with Crippen molar-refractivity contribution >= 4 is 27.3 Å². The van der Waals surface area contributed by atoms with Crippen LogP contribution in [0.4, 0.5) is 27.6 Å². The van der Waals surface area contributed by atoms with Crippen molar-refractivity contribution in [1.82, 2.24) is 0 Å². The van der Waals surface area contributed by atoms with Gasteiger partial charge in [0, 0.05) is 17.2 Å². The quantitative estimate of drug-likeness (QED) is 0.775. The number of benzene rings is 2. The zero-order valence-electron chi connectivity index (χ0n) is 11.4. The summed E-state index contributed by atoms with van der Waals surface area (Å²) in [5, 5.41) is -0.0116. The van der Waals surface area contributed by atoms with Crippen molar-refractivity contribution in [2.24, 2.45) is 0 Å². The zero-order valence-corrected chi connectivity index (χ0v) is 12.9. The fourth-order valence-electron chi connectivity index (χ4n) is 1.54. The molecule has 0 aliphatic rings. The number of halogens is 6. The molecule has 0 amide bonds. The van der Waals surface area contributed by atoms with Gasteiger partial charge in [0.15, 0.2) is 17.3 Å². The first-order valence-corrected chi connectivity index (χ1v) is 7.87. The molecule has 0 aliphatic carbocycles. The monoisotopic (exact) mass is 387 g/mol. The lowest BCUT2D eigenvalue weighted by Crippen LogP contribution is -2.30. The van der Waals surface area contributed by atoms with Crippen molar-refractivity contribution < 1.29 is 35.1 Å². The van der Waals surface area contributed by atoms with Gasteiger partial charge in [0.25, 0.3) is 0 Å². The van der Waals surface area contributed by atoms with E-state index in [9.17, 15) is 30.4 Å². The predicted octanol–water partition coefficient (Wildman–Crippen LogP) is 4.67. The highest BCUT2D eigenvalue weighted by Gasteiger charge is 2.46. The molecule has 0 bridgehead atoms. The smallest absolute Gasteiger partial charge is 0.452 e. The molecule has 0 aliphatic heterocycles. The second-order valence-corrected chi connectivity index (χ2v) is 6.48. The van der Waals surface area contributed by atoms with Crippen LogP contribution in [0.15, 0.2) is 36.4 Å². The molecule has 0 saturated heterocycles. The SMILES string of the molecule is O=S(=O)(Nc1ccc(Cl)cc1Oc1ccc(F)cc1F)C(F)(F)F. The summed E-state index contributed by atoms with van der Waals surface area (Å²) in [5.41, 5.74) is -6.19. The van der Waals surface area contributed by atoms with E-state index in [4.69, 9.17) is 16.3 Å². The van der Waals surface area contributed by atoms with Crippen LogP contribution in [0.5, 0.6) is 11.5 Å². The number of hydrogen-bond acceptors (Lipinski definition) is 3. The van der Waals surface area contributed by atoms with Crippen LogP contribution < -0.4 is 9.46 Å². The molecule has 2 aromatic rings. The minimum atomic E-state index is -5.72. The second kappa shape index (κ2) is 6.44. The number of ether oxygens (including phenoxy) is 1. The molecule has 11 heteroatoms. The molecule has 2 aromatic carbocycles. The van der Waals surface area contributed by atoms with E-state index in [-0.39, 0.29) is 5.02 Å². The molecular formula is C13H7ClF5NO3S. The number of anilines is 1. The molecule has 0 aromatic heterocycles. The maximum absolute atomic E-state index is 13.6. The van der Waals surface area contributed by atoms with Gasteiger partial charge in [-0.25, -0.2) is 8.78 Å². The number of rotatable bonds is 4. The van der Waals surface area contributed by atoms with Gasteiger partial charge in [-0.2, -0.15) is 21.6 Å². The first kappa shape index (κ1) is 18.3. The Kier molecular flexibility index (Phi) is 4.90. The Hall–Kier alpha value is -2.07. The Labute approximate surface area is 137 Å². The van der Waals surface area contributed by atoms with Crippen LogP contribution in [0.2, 0.25) is 5.02 Å². The molecule has 130 valence electrons. The Balaban J connectivity index is 2.42. The third-order valence-electron chi connectivity index (χ3n) is 2.61. The van der Waals surface area contributed by atoms with Gasteiger partial charge < -0.3 is 4.74 Å². The standard InChI is InChI=1S/C13H7ClF5NO3S/c14-7-1-3-10(20-24(21,22)13(17,18)19)12(5-7)23-11-4-2-8(15)6-9(11)16/h1-6,20H. The second-order valence-electron chi connectivity index (χ2n) is 4.37. The fourth-order valence-corrected chi connectivity index (χ4v) is 2.28. The summed E-state index contributed by atoms with van der Waals surface area (Å²) >= 11 is 5.68. The first-order valence-electron chi connectivity index (χ1n) is 6.01. The van der Waals surface area contributed by atoms with E-state index in [2.05, 4.69) is 0 Å². The van der Waals surface area contributed by atoms with Gasteiger partial charge in [-0.1, -0.05) is 11.6 Å². The summed E-state index contributed by atoms with van der Waals surface area (Å²) in [6, 6.07) is 5.19. The molecule has 4 nitrogen and oxygen atoms in total. The molecule has 0 unspecified atom stereocenters. The van der Waals surface area contributed by atoms with E-state index in [1.807, 2.05) is 0 Å². The van der Waals surface area contributed by atoms with Gasteiger partial charge in [0.1, 0.15) is 5.82 Å². The van der Waals surface area contributed by atoms with E-state index in [0.717, 1.165) is 30.3 Å². The van der Waals surface area contributed by atoms with Crippen molar-refractivity contribution in [1.29, 1.82) is 0 Å². The van der Waals surface area contributed by atoms with Gasteiger partial charge >= 0.3 is 15.5 Å². The molecular weight excluding hydrogens is 381 g/mol. The Morgan fingerprint density at radius 2 is 1.67 bits per heavy atom. The van der Waals surface area contributed by atoms with Crippen LogP contribution in [0.25, 0.3) is 0 Å². The van der Waals surface area contributed by atoms with Gasteiger partial charge in [0.05, 0.1) is 5.69 Å². The van der Waals surface area contributed by atoms with Crippen molar-refractivity contribution in [2.75, 3.05) is 4.72 Å². The lowest BCUT2D eigenvalue weighted by Gasteiger charge is -2.15. The summed E-state index contributed by atoms with van der Waals surface area (Å²) in [6.07, 6.45) is 0. The fraction of sp³-hybridized carbons (Fsp3) is 0.0769. The lowest BCUT2D eigenvalue weighted by molar-refractivity contribution is -0.0429. The molecule has 0 atom stereocenters. The van der Waals surface area contributed by atoms with Crippen LogP contribution in [0.1, 0.15) is 0 Å². The van der Waals surface area contributed by atoms with E-state index in [1.54, 1.807) is 0 Å². The predicted molar refractivity (Wildman–Crippen MR) is 76.5 cm³/mol. The summed E-state index contributed by atoms with van der Waals surface area (Å²) in [5.74, 6) is -3.07. The van der Waals surface area contributed by atoms with Gasteiger partial charge in [0.2, 0.25) is 0 Å². The lowest BCUT2D eigenvalue weighted by atomic mass is 10.3. The van der Waals surface area contributed by atoms with Crippen LogP contribution in [-0.4, -0.2) is 13.9 Å². The maximum Gasteiger partial charge on any atom is 0.516 e. The highest BCUT2D eigenvalue weighted by Crippen LogP contribution is 2.36. The molecule has 0 radical (unpaired) electrons. The normalized spacial score (nSPS) is 12.1. The molecule has 0 spiro atoms. The van der Waals surface area contributed by atoms with E-state index in [1.165, 1.54) is 4.72 Å². The largest absolute Gasteiger partial charge is 0.516 e. The highest BCUT2D eigenvalue weighted by atomic mass is 35.5. The Morgan fingerprint density at radius 3 is 2.25 bits per heavy atom. The number of alkyl halides is 3. The van der Waals surface area contributed by atoms with Crippen molar-refractivity contribution in [3.05, 3.63) is 53.1 Å². The van der Waals surface area contributed by atoms with Crippen LogP contribution in [0, 0.1) is 11.6 Å². The first-order chi connectivity index (χ1) is 11.0. The summed E-state index contributed by atoms with van der Waals surface area (Å²) < 4.78 is 92.4. The maximum atomic E-state index is 13.6. The number of hydrogen-bond donors (Lipinski definition) is 1. The van der Waals surface area contributed by atoms with Crippen molar-refractivity contribution in [3.8, 4) is 11.5 Å². The van der Waals surface area contributed by atoms with Crippen molar-refractivity contribution in [2.45, 2.75) is 5.51 Å². The van der Waals surface area contributed by atoms with E-state index in [0.29, 0.717) is 6.07 Å².